The van der Waals surface area contributed by atoms with Crippen LogP contribution in [0.4, 0.5) is 15.3 Å². The molecule has 0 aliphatic carbocycles. The van der Waals surface area contributed by atoms with Gasteiger partial charge in [-0.15, -0.1) is 5.06 Å². The summed E-state index contributed by atoms with van der Waals surface area (Å²) in [5.74, 6) is -4.52. The number of Topliss-reactive ketones (excluding diaryl/α,β-unsaturated/α-hetero) is 1. The minimum atomic E-state index is -1.10. The maximum absolute atomic E-state index is 13.9. The molecule has 0 radical (unpaired) electrons. The van der Waals surface area contributed by atoms with Gasteiger partial charge in [0.15, 0.2) is 5.79 Å². The van der Waals surface area contributed by atoms with E-state index in [1.807, 2.05) is 6.92 Å². The topological polar surface area (TPSA) is 356 Å². The van der Waals surface area contributed by atoms with Gasteiger partial charge in [0.2, 0.25) is 17.7 Å². The maximum Gasteiger partial charge on any atom is 0.407 e. The van der Waals surface area contributed by atoms with Crippen LogP contribution in [0.1, 0.15) is 188 Å². The van der Waals surface area contributed by atoms with Crippen molar-refractivity contribution < 1.29 is 95.7 Å². The Bertz CT molecular complexity index is 2900. The van der Waals surface area contributed by atoms with E-state index in [1.54, 1.807) is 45.2 Å². The Kier molecular flexibility index (Phi) is 29.0. The molecule has 7 heterocycles. The van der Waals surface area contributed by atoms with Crippen molar-refractivity contribution in [3.63, 3.8) is 0 Å². The van der Waals surface area contributed by atoms with Crippen molar-refractivity contribution in [1.29, 1.82) is 0 Å². The lowest BCUT2D eigenvalue weighted by Crippen LogP contribution is -2.54. The second kappa shape index (κ2) is 36.8. The van der Waals surface area contributed by atoms with E-state index in [2.05, 4.69) is 60.5 Å². The number of nitrogens with zero attached hydrogens (tertiary/aromatic N) is 1. The normalized spacial score (nSPS) is 30.3. The Morgan fingerprint density at radius 1 is 0.796 bits per heavy atom. The Balaban J connectivity index is 0.725. The fraction of sp³-hybridized carbons (Fsp3) is 0.732. The molecule has 2 bridgehead atoms. The van der Waals surface area contributed by atoms with Crippen LogP contribution in [0.25, 0.3) is 0 Å². The zero-order chi connectivity index (χ0) is 70.8. The quantitative estimate of drug-likeness (QED) is 0.0210. The predicted molar refractivity (Wildman–Crippen MR) is 356 cm³/mol. The number of aliphatic hydroxyl groups excluding tert-OH is 1. The molecular formula is C71H107N7O20. The molecule has 1 aromatic carbocycles. The second-order valence-electron chi connectivity index (χ2n) is 28.1. The maximum atomic E-state index is 13.9. The average molecular weight is 1380 g/mol. The molecule has 0 aromatic heterocycles. The van der Waals surface area contributed by atoms with Gasteiger partial charge in [-0.05, 0) is 138 Å². The number of ether oxygens (including phenoxy) is 9. The number of imide groups is 1. The first-order valence-corrected chi connectivity index (χ1v) is 35.4. The lowest BCUT2D eigenvalue weighted by molar-refractivity contribution is -0.271. The van der Waals surface area contributed by atoms with Crippen LogP contribution in [-0.4, -0.2) is 188 Å². The summed E-state index contributed by atoms with van der Waals surface area (Å²) < 4.78 is 57.5. The molecule has 0 saturated carbocycles. The largest absolute Gasteiger partial charge is 0.445 e. The van der Waals surface area contributed by atoms with Crippen LogP contribution in [0.2, 0.25) is 0 Å². The molecule has 8 amide bonds. The van der Waals surface area contributed by atoms with E-state index in [9.17, 15) is 48.3 Å². The van der Waals surface area contributed by atoms with Gasteiger partial charge < -0.3 is 84.9 Å². The number of benzene rings is 1. The van der Waals surface area contributed by atoms with E-state index in [1.165, 1.54) is 0 Å². The predicted octanol–water partition coefficient (Wildman–Crippen LogP) is 6.87. The number of aliphatic hydroxyl groups is 1. The minimum Gasteiger partial charge on any atom is -0.445 e. The number of carbonyl (C=O) groups is 9. The van der Waals surface area contributed by atoms with Crippen LogP contribution in [0, 0.1) is 17.8 Å². The molecule has 8 N–H and O–H groups in total. The van der Waals surface area contributed by atoms with Crippen molar-refractivity contribution in [3.05, 3.63) is 54.1 Å². The van der Waals surface area contributed by atoms with E-state index in [-0.39, 0.29) is 157 Å². The molecule has 7 saturated heterocycles. The van der Waals surface area contributed by atoms with Crippen molar-refractivity contribution >= 4 is 59.1 Å². The lowest BCUT2D eigenvalue weighted by Gasteiger charge is -2.41. The van der Waals surface area contributed by atoms with Crippen LogP contribution < -0.4 is 32.3 Å². The number of anilines is 1. The Morgan fingerprint density at radius 3 is 2.26 bits per heavy atom. The number of nitrogens with two attached hydrogens (primary N) is 1. The van der Waals surface area contributed by atoms with Crippen LogP contribution in [0.5, 0.6) is 0 Å². The van der Waals surface area contributed by atoms with Gasteiger partial charge in [0.25, 0.3) is 11.8 Å². The molecule has 0 spiro atoms. The van der Waals surface area contributed by atoms with E-state index < -0.39 is 89.9 Å². The van der Waals surface area contributed by atoms with Crippen LogP contribution >= 0.6 is 0 Å². The summed E-state index contributed by atoms with van der Waals surface area (Å²) in [6.45, 7) is 20.6. The molecule has 98 heavy (non-hydrogen) atoms. The summed E-state index contributed by atoms with van der Waals surface area (Å²) in [6.07, 6.45) is 5.59. The highest BCUT2D eigenvalue weighted by Crippen LogP contribution is 2.44. The summed E-state index contributed by atoms with van der Waals surface area (Å²) in [6, 6.07) is 3.55. The average Bonchev–Trinajstić information content (AvgIpc) is 1.60. The standard InChI is InChI=1S/C71H107N7O20/c1-40(2)64(77-60(81)15-11-10-12-16-63(84)98-78-61(82)25-26-62(78)83)68(86)76-55(14-13-31-73-69(72)87)67(85)75-49-19-17-47(18-20-49)38-91-70(88)74-37-51(80)36-59-66(89-9)48(39-90-59)34-50(79)35-53-22-24-58-65(95-53)46(8)96-71(30-28-57(97-71)45(7)93-58)29-27-54-33-42(4)56(94-54)23-21-52-32-41(3)43(5)44(6)92-52/h17-20,40-41,44-46,48,51-59,64-66,80H,4-5,10-16,21-39H2,1-3,6-9H3,(H,74,88)(H,75,85)(H,76,86)(H,77,81)(H3,72,73,87)/t41-,44-,45-,46-,48+,51?,52?,53-,54?,55?,56?,57+,58+,59-,64+,65-,66-,71-/m1/s1. The summed E-state index contributed by atoms with van der Waals surface area (Å²) in [5, 5.41) is 24.8. The van der Waals surface area contributed by atoms with Crippen molar-refractivity contribution in [2.45, 2.75) is 287 Å². The van der Waals surface area contributed by atoms with Crippen LogP contribution in [-0.2, 0) is 87.6 Å². The Morgan fingerprint density at radius 2 is 1.54 bits per heavy atom. The minimum absolute atomic E-state index is 0.00460. The lowest BCUT2D eigenvalue weighted by atomic mass is 9.87. The molecule has 7 aliphatic heterocycles. The van der Waals surface area contributed by atoms with E-state index in [4.69, 9.17) is 53.2 Å². The highest BCUT2D eigenvalue weighted by atomic mass is 16.7. The number of unbranched alkanes of at least 4 members (excludes halogenated alkanes) is 2. The smallest absolute Gasteiger partial charge is 0.407 e. The first-order valence-electron chi connectivity index (χ1n) is 35.4. The monoisotopic (exact) mass is 1380 g/mol. The molecular weight excluding hydrogens is 1270 g/mol. The van der Waals surface area contributed by atoms with E-state index in [0.717, 1.165) is 56.1 Å². The number of hydrogen-bond donors (Lipinski definition) is 7. The third kappa shape index (κ3) is 22.5. The van der Waals surface area contributed by atoms with E-state index >= 15 is 0 Å². The zero-order valence-electron chi connectivity index (χ0n) is 58.2. The van der Waals surface area contributed by atoms with Gasteiger partial charge in [0.05, 0.1) is 79.9 Å². The first-order chi connectivity index (χ1) is 46.7. The van der Waals surface area contributed by atoms with Crippen molar-refractivity contribution in [1.82, 2.24) is 26.3 Å². The number of nitrogens with one attached hydrogen (secondary N) is 5. The fourth-order valence-electron chi connectivity index (χ4n) is 14.4. The number of fused-ring (bicyclic) bond motifs is 3. The van der Waals surface area contributed by atoms with Crippen molar-refractivity contribution in [2.24, 2.45) is 23.5 Å². The summed E-state index contributed by atoms with van der Waals surface area (Å²) in [5.41, 5.74) is 8.45. The van der Waals surface area contributed by atoms with Gasteiger partial charge in [0.1, 0.15) is 30.6 Å². The highest BCUT2D eigenvalue weighted by molar-refractivity contribution is 6.01. The third-order valence-corrected chi connectivity index (χ3v) is 20.0. The number of methoxy groups -OCH3 is 1. The van der Waals surface area contributed by atoms with Gasteiger partial charge in [-0.25, -0.2) is 14.4 Å². The Labute approximate surface area is 575 Å². The van der Waals surface area contributed by atoms with Crippen molar-refractivity contribution in [3.8, 4) is 0 Å². The second-order valence-corrected chi connectivity index (χ2v) is 28.1. The SMILES string of the molecule is C=C1CC(CC[C@]23CC[C@H](O2)[C@@H](C)O[C@H]2CC[C@H](CC(=O)C[C@H]4CO[C@H](CC(O)CNC(=O)OCc5ccc(NC(=O)C(CCCNC(N)=O)NC(=O)[C@@H](NC(=O)CCCCCC(=O)ON6C(=O)CCC6=O)C(C)C)cc5)[C@@H]4OC)O[C@@H]2[C@@H](C)O3)OC1CCC1C[C@@H](C)C(=C)[C@@H](C)O1. The van der Waals surface area contributed by atoms with Gasteiger partial charge in [0, 0.05) is 89.6 Å². The molecule has 5 unspecified atom stereocenters. The Hall–Kier alpha value is -6.43. The van der Waals surface area contributed by atoms with Crippen LogP contribution in [0.3, 0.4) is 0 Å². The first kappa shape index (κ1) is 77.3. The number of hydrogen-bond acceptors (Lipinski definition) is 20. The number of carbonyl (C=O) groups excluding carboxylic acids is 9. The molecule has 1 aromatic rings. The number of rotatable bonds is 34. The number of alkyl carbamates (subject to hydrolysis) is 1. The number of ketones is 1. The summed E-state index contributed by atoms with van der Waals surface area (Å²) in [4.78, 5) is 119. The van der Waals surface area contributed by atoms with Crippen LogP contribution in [0.15, 0.2) is 48.6 Å². The number of primary amides is 1. The van der Waals surface area contributed by atoms with Gasteiger partial charge in [-0.1, -0.05) is 52.5 Å². The van der Waals surface area contributed by atoms with Gasteiger partial charge >= 0.3 is 18.1 Å². The fourth-order valence-corrected chi connectivity index (χ4v) is 14.4. The zero-order valence-corrected chi connectivity index (χ0v) is 58.2. The third-order valence-electron chi connectivity index (χ3n) is 20.0. The summed E-state index contributed by atoms with van der Waals surface area (Å²) in [7, 11) is 1.55. The number of hydroxylamine groups is 2. The molecule has 27 nitrogen and oxygen atoms in total. The van der Waals surface area contributed by atoms with E-state index in [0.29, 0.717) is 60.8 Å². The molecule has 8 rings (SSSR count). The van der Waals surface area contributed by atoms with Gasteiger partial charge in [-0.2, -0.15) is 0 Å². The molecule has 7 aliphatic rings. The molecule has 18 atom stereocenters. The summed E-state index contributed by atoms with van der Waals surface area (Å²) >= 11 is 0. The molecule has 27 heteroatoms. The molecule has 546 valence electrons. The highest BCUT2D eigenvalue weighted by Gasteiger charge is 2.51. The number of amides is 8. The van der Waals surface area contributed by atoms with Gasteiger partial charge in [-0.3, -0.25) is 28.8 Å². The van der Waals surface area contributed by atoms with Crippen molar-refractivity contribution in [2.75, 3.05) is 32.1 Å². The number of urea groups is 1. The molecule has 7 fully saturated rings.